The van der Waals surface area contributed by atoms with Crippen molar-refractivity contribution in [1.29, 1.82) is 0 Å². The fourth-order valence-corrected chi connectivity index (χ4v) is 6.52. The van der Waals surface area contributed by atoms with Crippen molar-refractivity contribution in [3.05, 3.63) is 102 Å². The van der Waals surface area contributed by atoms with Crippen LogP contribution < -0.4 is 15.4 Å². The number of anilines is 2. The van der Waals surface area contributed by atoms with Crippen molar-refractivity contribution in [2.45, 2.75) is 64.8 Å². The Labute approximate surface area is 305 Å². The number of likely N-dealkylation sites (N-methyl/N-ethyl adjacent to an activating group) is 1. The maximum atomic E-state index is 14.5. The van der Waals surface area contributed by atoms with Gasteiger partial charge < -0.3 is 35.2 Å². The first-order valence-corrected chi connectivity index (χ1v) is 17.9. The van der Waals surface area contributed by atoms with E-state index in [1.807, 2.05) is 75.5 Å². The van der Waals surface area contributed by atoms with Crippen molar-refractivity contribution >= 4 is 40.1 Å². The van der Waals surface area contributed by atoms with Crippen molar-refractivity contribution in [3.8, 4) is 5.75 Å². The summed E-state index contributed by atoms with van der Waals surface area (Å²) in [5.74, 6) is -0.986. The average molecular weight is 711 g/mol. The number of hydrogen-bond donors (Lipinski definition) is 4. The fourth-order valence-electron chi connectivity index (χ4n) is 6.52. The predicted molar refractivity (Wildman–Crippen MR) is 203 cm³/mol. The number of aliphatic hydroxyl groups is 1. The number of aromatic carboxylic acids is 1. The molecule has 0 aromatic heterocycles. The molecule has 4 N–H and O–H groups in total. The van der Waals surface area contributed by atoms with E-state index in [1.165, 1.54) is 0 Å². The minimum atomic E-state index is -0.962. The second-order valence-electron chi connectivity index (χ2n) is 13.8. The topological polar surface area (TPSA) is 141 Å². The Kier molecular flexibility index (Phi) is 13.2. The maximum absolute atomic E-state index is 14.5. The molecule has 1 aliphatic heterocycles. The van der Waals surface area contributed by atoms with Gasteiger partial charge in [-0.2, -0.15) is 0 Å². The number of urea groups is 1. The zero-order chi connectivity index (χ0) is 37.2. The molecule has 11 heteroatoms. The van der Waals surface area contributed by atoms with Crippen molar-refractivity contribution < 1.29 is 34.1 Å². The van der Waals surface area contributed by atoms with Crippen molar-refractivity contribution in [2.24, 2.45) is 5.92 Å². The van der Waals surface area contributed by atoms with E-state index < -0.39 is 18.0 Å². The minimum Gasteiger partial charge on any atom is -0.490 e. The molecular formula is C41H50N4O7. The van der Waals surface area contributed by atoms with Crippen LogP contribution in [0.4, 0.5) is 16.2 Å². The number of hydrogen-bond acceptors (Lipinski definition) is 7. The zero-order valence-corrected chi connectivity index (χ0v) is 30.4. The number of carbonyl (C=O) groups is 3. The largest absolute Gasteiger partial charge is 0.490 e. The Morgan fingerprint density at radius 1 is 0.981 bits per heavy atom. The minimum absolute atomic E-state index is 0.117. The number of carbonyl (C=O) groups excluding carboxylic acids is 2. The monoisotopic (exact) mass is 710 g/mol. The van der Waals surface area contributed by atoms with E-state index in [4.69, 9.17) is 9.47 Å². The number of carboxylic acids is 1. The number of ether oxygens (including phenoxy) is 2. The Morgan fingerprint density at radius 2 is 1.73 bits per heavy atom. The first-order valence-electron chi connectivity index (χ1n) is 17.9. The van der Waals surface area contributed by atoms with Crippen molar-refractivity contribution in [2.75, 3.05) is 44.0 Å². The summed E-state index contributed by atoms with van der Waals surface area (Å²) >= 11 is 0. The molecule has 3 amide bonds. The third-order valence-electron chi connectivity index (χ3n) is 9.49. The summed E-state index contributed by atoms with van der Waals surface area (Å²) in [5, 5.41) is 27.3. The van der Waals surface area contributed by atoms with E-state index in [-0.39, 0.29) is 36.2 Å². The molecule has 0 unspecified atom stereocenters. The zero-order valence-electron chi connectivity index (χ0n) is 30.4. The number of carboxylic acid groups (broad SMARTS) is 1. The van der Waals surface area contributed by atoms with Gasteiger partial charge in [-0.05, 0) is 87.5 Å². The summed E-state index contributed by atoms with van der Waals surface area (Å²) in [6, 6.07) is 24.5. The van der Waals surface area contributed by atoms with Gasteiger partial charge in [-0.3, -0.25) is 9.69 Å². The van der Waals surface area contributed by atoms with Crippen LogP contribution in [0.15, 0.2) is 84.9 Å². The molecule has 5 rings (SSSR count). The lowest BCUT2D eigenvalue weighted by Gasteiger charge is -2.36. The quantitative estimate of drug-likeness (QED) is 0.144. The molecule has 0 bridgehead atoms. The van der Waals surface area contributed by atoms with Crippen LogP contribution in [0.1, 0.15) is 66.3 Å². The fraction of sp³-hybridized carbons (Fsp3) is 0.390. The Hall–Kier alpha value is -4.97. The van der Waals surface area contributed by atoms with Crippen LogP contribution in [-0.4, -0.2) is 89.5 Å². The van der Waals surface area contributed by atoms with Crippen molar-refractivity contribution in [1.82, 2.24) is 9.80 Å². The molecule has 4 atom stereocenters. The average Bonchev–Trinajstić information content (AvgIpc) is 3.13. The summed E-state index contributed by atoms with van der Waals surface area (Å²) in [4.78, 5) is 42.8. The molecule has 4 aromatic carbocycles. The van der Waals surface area contributed by atoms with Gasteiger partial charge in [-0.1, -0.05) is 55.5 Å². The van der Waals surface area contributed by atoms with E-state index in [9.17, 15) is 24.6 Å². The molecule has 1 aliphatic rings. The van der Waals surface area contributed by atoms with Crippen LogP contribution in [0.3, 0.4) is 0 Å². The molecule has 52 heavy (non-hydrogen) atoms. The smallest absolute Gasteiger partial charge is 0.335 e. The number of amides is 3. The van der Waals surface area contributed by atoms with Crippen LogP contribution in [0.2, 0.25) is 0 Å². The molecule has 0 fully saturated rings. The lowest BCUT2D eigenvalue weighted by atomic mass is 10.0. The summed E-state index contributed by atoms with van der Waals surface area (Å²) in [5.41, 5.74) is 2.60. The van der Waals surface area contributed by atoms with Crippen LogP contribution in [0, 0.1) is 5.92 Å². The van der Waals surface area contributed by atoms with Crippen molar-refractivity contribution in [3.63, 3.8) is 0 Å². The highest BCUT2D eigenvalue weighted by atomic mass is 16.5. The van der Waals surface area contributed by atoms with Gasteiger partial charge in [0, 0.05) is 43.2 Å². The third kappa shape index (κ3) is 10.1. The molecule has 0 aliphatic carbocycles. The predicted octanol–water partition coefficient (Wildman–Crippen LogP) is 7.11. The third-order valence-corrected chi connectivity index (χ3v) is 9.49. The lowest BCUT2D eigenvalue weighted by Crippen LogP contribution is -2.47. The maximum Gasteiger partial charge on any atom is 0.335 e. The second-order valence-corrected chi connectivity index (χ2v) is 13.8. The number of nitrogens with zero attached hydrogens (tertiary/aromatic N) is 2. The van der Waals surface area contributed by atoms with Gasteiger partial charge in [0.1, 0.15) is 5.75 Å². The summed E-state index contributed by atoms with van der Waals surface area (Å²) in [7, 11) is 1.99. The van der Waals surface area contributed by atoms with Crippen LogP contribution >= 0.6 is 0 Å². The SMILES string of the molecule is C[C@H]1CCCCO[C@@H](CN(C)Cc2ccc(C(=O)O)cc2)[C@@H](C)CN([C@@H](C)CO)C(=O)c2cc(NC(=O)Nc3cccc4ccccc34)ccc2O1. The van der Waals surface area contributed by atoms with Crippen LogP contribution in [0.25, 0.3) is 10.8 Å². The van der Waals surface area contributed by atoms with Gasteiger partial charge in [-0.15, -0.1) is 0 Å². The van der Waals surface area contributed by atoms with Gasteiger partial charge >= 0.3 is 12.0 Å². The Bertz CT molecular complexity index is 1830. The second kappa shape index (κ2) is 18.0. The normalized spacial score (nSPS) is 19.3. The summed E-state index contributed by atoms with van der Waals surface area (Å²) in [6.45, 7) is 7.61. The van der Waals surface area contributed by atoms with Gasteiger partial charge in [0.25, 0.3) is 5.91 Å². The Morgan fingerprint density at radius 3 is 2.48 bits per heavy atom. The highest BCUT2D eigenvalue weighted by Crippen LogP contribution is 2.29. The van der Waals surface area contributed by atoms with Crippen LogP contribution in [-0.2, 0) is 11.3 Å². The van der Waals surface area contributed by atoms with E-state index in [1.54, 1.807) is 42.2 Å². The molecule has 0 saturated carbocycles. The van der Waals surface area contributed by atoms with E-state index in [2.05, 4.69) is 15.5 Å². The molecule has 11 nitrogen and oxygen atoms in total. The first-order chi connectivity index (χ1) is 25.0. The molecule has 4 aromatic rings. The van der Waals surface area contributed by atoms with Crippen LogP contribution in [0.5, 0.6) is 5.75 Å². The summed E-state index contributed by atoms with van der Waals surface area (Å²) < 4.78 is 12.8. The standard InChI is InChI=1S/C41H50N4O7/c1-27-23-45(28(2)26-46)39(47)35-22-33(42-41(50)43-36-14-9-12-31-11-5-6-13-34(31)36)19-20-37(35)52-29(3)10-7-8-21-51-38(27)25-44(4)24-30-15-17-32(18-16-30)40(48)49/h5-6,9,11-20,22,27-29,38,46H,7-8,10,21,23-26H2,1-4H3,(H,48,49)(H2,42,43,50)/t27-,28-,29-,38-/m0/s1. The summed E-state index contributed by atoms with van der Waals surface area (Å²) in [6.07, 6.45) is 2.06. The lowest BCUT2D eigenvalue weighted by molar-refractivity contribution is -0.0177. The van der Waals surface area contributed by atoms with E-state index >= 15 is 0 Å². The van der Waals surface area contributed by atoms with E-state index in [0.717, 1.165) is 35.6 Å². The molecule has 1 heterocycles. The Balaban J connectivity index is 1.37. The molecule has 0 spiro atoms. The molecule has 276 valence electrons. The van der Waals surface area contributed by atoms with Gasteiger partial charge in [0.05, 0.1) is 41.7 Å². The molecular weight excluding hydrogens is 660 g/mol. The number of fused-ring (bicyclic) bond motifs is 2. The highest BCUT2D eigenvalue weighted by Gasteiger charge is 2.30. The number of nitrogens with one attached hydrogen (secondary N) is 2. The highest BCUT2D eigenvalue weighted by molar-refractivity contribution is 6.07. The van der Waals surface area contributed by atoms with Gasteiger partial charge in [-0.25, -0.2) is 9.59 Å². The molecule has 0 saturated heterocycles. The van der Waals surface area contributed by atoms with Gasteiger partial charge in [0.2, 0.25) is 0 Å². The molecule has 0 radical (unpaired) electrons. The number of benzene rings is 4. The van der Waals surface area contributed by atoms with E-state index in [0.29, 0.717) is 48.9 Å². The van der Waals surface area contributed by atoms with Gasteiger partial charge in [0.15, 0.2) is 0 Å². The first kappa shape index (κ1) is 38.3. The number of aliphatic hydroxyl groups excluding tert-OH is 1. The number of rotatable bonds is 9.